The van der Waals surface area contributed by atoms with Gasteiger partial charge in [-0.15, -0.1) is 0 Å². The highest BCUT2D eigenvalue weighted by molar-refractivity contribution is 5.63. The minimum atomic E-state index is 0.163. The molecule has 1 aromatic carbocycles. The molecule has 0 spiro atoms. The fraction of sp³-hybridized carbons (Fsp3) is 0.417. The molecule has 0 aliphatic carbocycles. The van der Waals surface area contributed by atoms with Crippen LogP contribution in [-0.2, 0) is 4.74 Å². The van der Waals surface area contributed by atoms with Gasteiger partial charge in [0.25, 0.3) is 0 Å². The Kier molecular flexibility index (Phi) is 4.62. The van der Waals surface area contributed by atoms with Crippen LogP contribution in [0.3, 0.4) is 0 Å². The predicted octanol–water partition coefficient (Wildman–Crippen LogP) is 1.98. The summed E-state index contributed by atoms with van der Waals surface area (Å²) in [6.45, 7) is 5.27. The average molecular weight is 219 g/mol. The van der Waals surface area contributed by atoms with E-state index < -0.39 is 0 Å². The molecule has 86 valence electrons. The monoisotopic (exact) mass is 219 g/mol. The molecule has 0 radical (unpaired) electrons. The van der Waals surface area contributed by atoms with Gasteiger partial charge in [-0.2, -0.15) is 5.26 Å². The maximum atomic E-state index is 8.96. The minimum absolute atomic E-state index is 0.163. The highest BCUT2D eigenvalue weighted by Gasteiger charge is 2.06. The fourth-order valence-corrected chi connectivity index (χ4v) is 1.38. The van der Waals surface area contributed by atoms with E-state index in [9.17, 15) is 0 Å². The molecule has 1 unspecified atom stereocenters. The number of nitrogens with two attached hydrogens (primary N) is 1. The molecule has 4 heteroatoms. The van der Waals surface area contributed by atoms with E-state index in [0.717, 1.165) is 5.69 Å². The van der Waals surface area contributed by atoms with Gasteiger partial charge in [-0.25, -0.2) is 0 Å². The minimum Gasteiger partial charge on any atom is -0.399 e. The Balaban J connectivity index is 2.70. The van der Waals surface area contributed by atoms with Gasteiger partial charge in [0.15, 0.2) is 0 Å². The zero-order chi connectivity index (χ0) is 12.0. The van der Waals surface area contributed by atoms with Gasteiger partial charge in [0, 0.05) is 18.3 Å². The highest BCUT2D eigenvalue weighted by Crippen LogP contribution is 2.18. The number of hydrogen-bond donors (Lipinski definition) is 2. The second-order valence-corrected chi connectivity index (χ2v) is 3.62. The van der Waals surface area contributed by atoms with Gasteiger partial charge in [0.2, 0.25) is 0 Å². The number of anilines is 2. The van der Waals surface area contributed by atoms with E-state index in [2.05, 4.69) is 11.4 Å². The molecule has 0 aromatic heterocycles. The summed E-state index contributed by atoms with van der Waals surface area (Å²) in [7, 11) is 0. The van der Waals surface area contributed by atoms with Crippen molar-refractivity contribution >= 4 is 11.4 Å². The van der Waals surface area contributed by atoms with Gasteiger partial charge in [-0.1, -0.05) is 0 Å². The van der Waals surface area contributed by atoms with Crippen LogP contribution in [0.15, 0.2) is 18.2 Å². The third kappa shape index (κ3) is 3.44. The largest absolute Gasteiger partial charge is 0.399 e. The summed E-state index contributed by atoms with van der Waals surface area (Å²) in [6.07, 6.45) is 0. The van der Waals surface area contributed by atoms with E-state index in [1.165, 1.54) is 0 Å². The molecule has 0 aliphatic rings. The van der Waals surface area contributed by atoms with Crippen LogP contribution < -0.4 is 11.1 Å². The molecule has 1 atom stereocenters. The van der Waals surface area contributed by atoms with Gasteiger partial charge in [-0.3, -0.25) is 0 Å². The van der Waals surface area contributed by atoms with Crippen LogP contribution in [0, 0.1) is 11.3 Å². The highest BCUT2D eigenvalue weighted by atomic mass is 16.5. The first-order chi connectivity index (χ1) is 7.67. The number of benzene rings is 1. The number of rotatable bonds is 5. The Labute approximate surface area is 96.0 Å². The fourth-order valence-electron chi connectivity index (χ4n) is 1.38. The topological polar surface area (TPSA) is 71.1 Å². The third-order valence-electron chi connectivity index (χ3n) is 2.14. The first-order valence-corrected chi connectivity index (χ1v) is 5.31. The van der Waals surface area contributed by atoms with Crippen molar-refractivity contribution < 1.29 is 4.74 Å². The predicted molar refractivity (Wildman–Crippen MR) is 65.1 cm³/mol. The van der Waals surface area contributed by atoms with Crippen LogP contribution in [-0.4, -0.2) is 19.3 Å². The van der Waals surface area contributed by atoms with Crippen molar-refractivity contribution in [2.75, 3.05) is 24.3 Å². The summed E-state index contributed by atoms with van der Waals surface area (Å²) in [6, 6.07) is 7.53. The summed E-state index contributed by atoms with van der Waals surface area (Å²) >= 11 is 0. The SMILES string of the molecule is CCOCC(C)Nc1ccc(N)cc1C#N. The van der Waals surface area contributed by atoms with Gasteiger partial charge in [-0.05, 0) is 32.0 Å². The Morgan fingerprint density at radius 2 is 2.31 bits per heavy atom. The van der Waals surface area contributed by atoms with Crippen molar-refractivity contribution in [3.63, 3.8) is 0 Å². The van der Waals surface area contributed by atoms with E-state index in [1.54, 1.807) is 12.1 Å². The Morgan fingerprint density at radius 3 is 2.94 bits per heavy atom. The van der Waals surface area contributed by atoms with Crippen LogP contribution in [0.25, 0.3) is 0 Å². The Morgan fingerprint density at radius 1 is 1.56 bits per heavy atom. The van der Waals surface area contributed by atoms with Crippen molar-refractivity contribution in [1.82, 2.24) is 0 Å². The van der Waals surface area contributed by atoms with Crippen LogP contribution >= 0.6 is 0 Å². The number of nitriles is 1. The van der Waals surface area contributed by atoms with Crippen LogP contribution in [0.1, 0.15) is 19.4 Å². The lowest BCUT2D eigenvalue weighted by Crippen LogP contribution is -2.22. The lowest BCUT2D eigenvalue weighted by molar-refractivity contribution is 0.141. The molecule has 3 N–H and O–H groups in total. The number of nitrogen functional groups attached to an aromatic ring is 1. The van der Waals surface area contributed by atoms with Crippen molar-refractivity contribution in [2.45, 2.75) is 19.9 Å². The molecular formula is C12H17N3O. The normalized spacial score (nSPS) is 11.8. The quantitative estimate of drug-likeness (QED) is 0.743. The zero-order valence-corrected chi connectivity index (χ0v) is 9.66. The first kappa shape index (κ1) is 12.3. The standard InChI is InChI=1S/C12H17N3O/c1-3-16-8-9(2)15-12-5-4-11(14)6-10(12)7-13/h4-6,9,15H,3,8,14H2,1-2H3. The summed E-state index contributed by atoms with van der Waals surface area (Å²) in [5.41, 5.74) is 7.56. The maximum absolute atomic E-state index is 8.96. The van der Waals surface area contributed by atoms with Crippen LogP contribution in [0.5, 0.6) is 0 Å². The molecule has 1 aromatic rings. The van der Waals surface area contributed by atoms with Crippen LogP contribution in [0.4, 0.5) is 11.4 Å². The van der Waals surface area contributed by atoms with Crippen molar-refractivity contribution in [1.29, 1.82) is 5.26 Å². The molecule has 1 rings (SSSR count). The van der Waals surface area contributed by atoms with E-state index in [4.69, 9.17) is 15.7 Å². The first-order valence-electron chi connectivity index (χ1n) is 5.31. The second-order valence-electron chi connectivity index (χ2n) is 3.62. The lowest BCUT2D eigenvalue weighted by Gasteiger charge is -2.16. The molecule has 4 nitrogen and oxygen atoms in total. The molecule has 0 bridgehead atoms. The zero-order valence-electron chi connectivity index (χ0n) is 9.66. The molecule has 0 saturated heterocycles. The second kappa shape index (κ2) is 5.99. The third-order valence-corrected chi connectivity index (χ3v) is 2.14. The van der Waals surface area contributed by atoms with E-state index in [-0.39, 0.29) is 6.04 Å². The van der Waals surface area contributed by atoms with E-state index >= 15 is 0 Å². The molecule has 0 amide bonds. The summed E-state index contributed by atoms with van der Waals surface area (Å²) in [4.78, 5) is 0. The molecule has 16 heavy (non-hydrogen) atoms. The van der Waals surface area contributed by atoms with E-state index in [0.29, 0.717) is 24.5 Å². The maximum Gasteiger partial charge on any atom is 0.101 e. The average Bonchev–Trinajstić information content (AvgIpc) is 2.28. The molecular weight excluding hydrogens is 202 g/mol. The molecule has 0 aliphatic heterocycles. The Hall–Kier alpha value is -1.73. The van der Waals surface area contributed by atoms with Crippen LogP contribution in [0.2, 0.25) is 0 Å². The smallest absolute Gasteiger partial charge is 0.101 e. The lowest BCUT2D eigenvalue weighted by atomic mass is 10.1. The summed E-state index contributed by atoms with van der Waals surface area (Å²) in [5, 5.41) is 12.2. The van der Waals surface area contributed by atoms with Crippen molar-refractivity contribution in [3.8, 4) is 6.07 Å². The number of nitrogens with zero attached hydrogens (tertiary/aromatic N) is 1. The van der Waals surface area contributed by atoms with Crippen molar-refractivity contribution in [3.05, 3.63) is 23.8 Å². The summed E-state index contributed by atoms with van der Waals surface area (Å²) in [5.74, 6) is 0. The number of ether oxygens (including phenoxy) is 1. The number of nitrogens with one attached hydrogen (secondary N) is 1. The van der Waals surface area contributed by atoms with Gasteiger partial charge in [0.05, 0.1) is 17.9 Å². The van der Waals surface area contributed by atoms with Gasteiger partial charge in [0.1, 0.15) is 6.07 Å². The number of hydrogen-bond acceptors (Lipinski definition) is 4. The van der Waals surface area contributed by atoms with Crippen molar-refractivity contribution in [2.24, 2.45) is 0 Å². The summed E-state index contributed by atoms with van der Waals surface area (Å²) < 4.78 is 5.29. The molecule has 0 saturated carbocycles. The molecule has 0 fully saturated rings. The Bertz CT molecular complexity index is 384. The van der Waals surface area contributed by atoms with E-state index in [1.807, 2.05) is 19.9 Å². The van der Waals surface area contributed by atoms with Gasteiger partial charge < -0.3 is 15.8 Å². The van der Waals surface area contributed by atoms with Gasteiger partial charge >= 0.3 is 0 Å². The molecule has 0 heterocycles.